The third-order valence-corrected chi connectivity index (χ3v) is 5.95. The van der Waals surface area contributed by atoms with Gasteiger partial charge in [0, 0.05) is 29.9 Å². The summed E-state index contributed by atoms with van der Waals surface area (Å²) < 4.78 is 19.1. The minimum atomic E-state index is -0.261. The largest absolute Gasteiger partial charge is 0.443 e. The van der Waals surface area contributed by atoms with E-state index in [4.69, 9.17) is 15.5 Å². The zero-order valence-electron chi connectivity index (χ0n) is 16.2. The Labute approximate surface area is 169 Å². The van der Waals surface area contributed by atoms with Gasteiger partial charge in [-0.25, -0.2) is 9.37 Å². The summed E-state index contributed by atoms with van der Waals surface area (Å²) in [5.74, 6) is 0.289. The number of ether oxygens (including phenoxy) is 1. The SMILES string of the molecule is CN1C=COc2nc(-c3ccc(C4(N)CCC4)cc3)c(-c3ccc(F)cc3)cc21. The number of hydrogen-bond acceptors (Lipinski definition) is 4. The van der Waals surface area contributed by atoms with Crippen molar-refractivity contribution in [2.24, 2.45) is 5.73 Å². The van der Waals surface area contributed by atoms with Crippen molar-refractivity contribution in [3.05, 3.63) is 78.4 Å². The third-order valence-electron chi connectivity index (χ3n) is 5.95. The highest BCUT2D eigenvalue weighted by Crippen LogP contribution is 2.42. The molecule has 1 fully saturated rings. The molecule has 1 aliphatic heterocycles. The first kappa shape index (κ1) is 17.9. The molecule has 3 aromatic rings. The summed E-state index contributed by atoms with van der Waals surface area (Å²) in [6.45, 7) is 0. The van der Waals surface area contributed by atoms with Crippen molar-refractivity contribution in [1.29, 1.82) is 0 Å². The maximum Gasteiger partial charge on any atom is 0.243 e. The molecular formula is C24H22FN3O. The molecule has 29 heavy (non-hydrogen) atoms. The van der Waals surface area contributed by atoms with Crippen molar-refractivity contribution in [2.75, 3.05) is 11.9 Å². The van der Waals surface area contributed by atoms with Crippen molar-refractivity contribution in [3.63, 3.8) is 0 Å². The van der Waals surface area contributed by atoms with E-state index in [1.807, 2.05) is 24.2 Å². The molecule has 2 aliphatic rings. The van der Waals surface area contributed by atoms with Crippen LogP contribution in [-0.2, 0) is 5.54 Å². The average molecular weight is 387 g/mol. The molecule has 0 spiro atoms. The summed E-state index contributed by atoms with van der Waals surface area (Å²) in [5.41, 5.74) is 11.9. The number of aromatic nitrogens is 1. The zero-order chi connectivity index (χ0) is 20.0. The molecule has 5 rings (SSSR count). The van der Waals surface area contributed by atoms with E-state index in [0.717, 1.165) is 46.5 Å². The van der Waals surface area contributed by atoms with Crippen molar-refractivity contribution in [3.8, 4) is 28.3 Å². The first-order chi connectivity index (χ1) is 14.0. The lowest BCUT2D eigenvalue weighted by Crippen LogP contribution is -2.43. The second-order valence-corrected chi connectivity index (χ2v) is 7.82. The van der Waals surface area contributed by atoms with Crippen LogP contribution in [0.15, 0.2) is 67.1 Å². The van der Waals surface area contributed by atoms with Gasteiger partial charge in [0.2, 0.25) is 5.88 Å². The number of rotatable bonds is 3. The van der Waals surface area contributed by atoms with Gasteiger partial charge in [0.1, 0.15) is 17.8 Å². The Morgan fingerprint density at radius 1 is 1.03 bits per heavy atom. The third kappa shape index (κ3) is 3.08. The van der Waals surface area contributed by atoms with Crippen LogP contribution in [0.3, 0.4) is 0 Å². The van der Waals surface area contributed by atoms with Crippen molar-refractivity contribution in [2.45, 2.75) is 24.8 Å². The summed E-state index contributed by atoms with van der Waals surface area (Å²) in [7, 11) is 1.95. The maximum absolute atomic E-state index is 13.5. The average Bonchev–Trinajstić information content (AvgIpc) is 2.72. The lowest BCUT2D eigenvalue weighted by molar-refractivity contribution is 0.253. The van der Waals surface area contributed by atoms with Gasteiger partial charge in [-0.1, -0.05) is 36.4 Å². The van der Waals surface area contributed by atoms with Crippen LogP contribution in [0.2, 0.25) is 0 Å². The van der Waals surface area contributed by atoms with E-state index in [1.165, 1.54) is 18.6 Å². The van der Waals surface area contributed by atoms with Crippen LogP contribution in [0.5, 0.6) is 5.88 Å². The van der Waals surface area contributed by atoms with Gasteiger partial charge in [0.05, 0.1) is 5.69 Å². The van der Waals surface area contributed by atoms with Crippen LogP contribution in [0.4, 0.5) is 10.1 Å². The van der Waals surface area contributed by atoms with Gasteiger partial charge in [-0.2, -0.15) is 0 Å². The Kier molecular flexibility index (Phi) is 4.14. The molecule has 146 valence electrons. The lowest BCUT2D eigenvalue weighted by atomic mass is 9.72. The summed E-state index contributed by atoms with van der Waals surface area (Å²) in [5, 5.41) is 0. The molecule has 1 saturated carbocycles. The molecule has 1 aromatic heterocycles. The molecule has 2 aromatic carbocycles. The highest BCUT2D eigenvalue weighted by atomic mass is 19.1. The fraction of sp³-hybridized carbons (Fsp3) is 0.208. The van der Waals surface area contributed by atoms with E-state index in [9.17, 15) is 4.39 Å². The van der Waals surface area contributed by atoms with E-state index >= 15 is 0 Å². The Morgan fingerprint density at radius 3 is 2.38 bits per heavy atom. The van der Waals surface area contributed by atoms with Crippen LogP contribution in [0, 0.1) is 5.82 Å². The molecule has 0 amide bonds. The van der Waals surface area contributed by atoms with Crippen LogP contribution in [0.25, 0.3) is 22.4 Å². The standard InChI is InChI=1S/C24H22FN3O/c1-28-13-14-29-23-21(28)15-20(16-5-9-19(25)10-6-16)22(27-23)17-3-7-18(8-4-17)24(26)11-2-12-24/h3-10,13-15H,2,11-12,26H2,1H3. The number of benzene rings is 2. The number of anilines is 1. The van der Waals surface area contributed by atoms with Crippen LogP contribution in [-0.4, -0.2) is 12.0 Å². The first-order valence-electron chi connectivity index (χ1n) is 9.80. The molecule has 0 unspecified atom stereocenters. The Hall–Kier alpha value is -3.18. The van der Waals surface area contributed by atoms with Gasteiger partial charge in [-0.3, -0.25) is 0 Å². The number of nitrogens with two attached hydrogens (primary N) is 1. The summed E-state index contributed by atoms with van der Waals surface area (Å²) in [4.78, 5) is 6.78. The number of nitrogens with zero attached hydrogens (tertiary/aromatic N) is 2. The molecule has 2 heterocycles. The van der Waals surface area contributed by atoms with Gasteiger partial charge in [-0.05, 0) is 48.6 Å². The van der Waals surface area contributed by atoms with Gasteiger partial charge in [-0.15, -0.1) is 0 Å². The minimum Gasteiger partial charge on any atom is -0.443 e. The topological polar surface area (TPSA) is 51.4 Å². The second-order valence-electron chi connectivity index (χ2n) is 7.82. The normalized spacial score (nSPS) is 16.7. The molecule has 0 saturated heterocycles. The van der Waals surface area contributed by atoms with Gasteiger partial charge in [0.15, 0.2) is 0 Å². The Bertz CT molecular complexity index is 1090. The van der Waals surface area contributed by atoms with Crippen LogP contribution < -0.4 is 15.4 Å². The minimum absolute atomic E-state index is 0.196. The molecule has 0 atom stereocenters. The van der Waals surface area contributed by atoms with E-state index < -0.39 is 0 Å². The van der Waals surface area contributed by atoms with Crippen molar-refractivity contribution >= 4 is 5.69 Å². The first-order valence-corrected chi connectivity index (χ1v) is 9.80. The van der Waals surface area contributed by atoms with Crippen LogP contribution >= 0.6 is 0 Å². The smallest absolute Gasteiger partial charge is 0.243 e. The fourth-order valence-corrected chi connectivity index (χ4v) is 3.97. The predicted molar refractivity (Wildman–Crippen MR) is 113 cm³/mol. The number of pyridine rings is 1. The summed E-state index contributed by atoms with van der Waals surface area (Å²) >= 11 is 0. The van der Waals surface area contributed by atoms with Gasteiger partial charge >= 0.3 is 0 Å². The fourth-order valence-electron chi connectivity index (χ4n) is 3.97. The molecule has 5 heteroatoms. The van der Waals surface area contributed by atoms with E-state index in [2.05, 4.69) is 24.3 Å². The maximum atomic E-state index is 13.5. The molecular weight excluding hydrogens is 365 g/mol. The molecule has 0 radical (unpaired) electrons. The van der Waals surface area contributed by atoms with Crippen molar-refractivity contribution in [1.82, 2.24) is 4.98 Å². The summed E-state index contributed by atoms with van der Waals surface area (Å²) in [6.07, 6.45) is 6.69. The zero-order valence-corrected chi connectivity index (χ0v) is 16.2. The van der Waals surface area contributed by atoms with Gasteiger partial charge < -0.3 is 15.4 Å². The van der Waals surface area contributed by atoms with Crippen LogP contribution in [0.1, 0.15) is 24.8 Å². The Morgan fingerprint density at radius 2 is 1.72 bits per heavy atom. The molecule has 2 N–H and O–H groups in total. The molecule has 4 nitrogen and oxygen atoms in total. The molecule has 1 aliphatic carbocycles. The van der Waals surface area contributed by atoms with Gasteiger partial charge in [0.25, 0.3) is 0 Å². The van der Waals surface area contributed by atoms with E-state index in [0.29, 0.717) is 5.88 Å². The van der Waals surface area contributed by atoms with E-state index in [-0.39, 0.29) is 11.4 Å². The van der Waals surface area contributed by atoms with Crippen molar-refractivity contribution < 1.29 is 9.13 Å². The number of halogens is 1. The number of fused-ring (bicyclic) bond motifs is 1. The van der Waals surface area contributed by atoms with E-state index in [1.54, 1.807) is 18.4 Å². The lowest BCUT2D eigenvalue weighted by Gasteiger charge is -2.38. The second kappa shape index (κ2) is 6.71. The quantitative estimate of drug-likeness (QED) is 0.672. The highest BCUT2D eigenvalue weighted by Gasteiger charge is 2.34. The monoisotopic (exact) mass is 387 g/mol. The Balaban J connectivity index is 1.64. The predicted octanol–water partition coefficient (Wildman–Crippen LogP) is 5.19. The molecule has 0 bridgehead atoms. The number of hydrogen-bond donors (Lipinski definition) is 1. The highest BCUT2D eigenvalue weighted by molar-refractivity contribution is 5.85. The summed E-state index contributed by atoms with van der Waals surface area (Å²) in [6, 6.07) is 16.8.